The van der Waals surface area contributed by atoms with Crippen molar-refractivity contribution in [2.45, 2.75) is 4.90 Å². The van der Waals surface area contributed by atoms with Gasteiger partial charge in [0, 0.05) is 21.7 Å². The van der Waals surface area contributed by atoms with Gasteiger partial charge in [0.15, 0.2) is 5.78 Å². The van der Waals surface area contributed by atoms with Crippen molar-refractivity contribution >= 4 is 23.2 Å². The summed E-state index contributed by atoms with van der Waals surface area (Å²) in [5, 5.41) is 0. The first-order valence-corrected chi connectivity index (χ1v) is 6.48. The number of ketones is 1. The zero-order valence-corrected chi connectivity index (χ0v) is 10.3. The summed E-state index contributed by atoms with van der Waals surface area (Å²) in [7, 11) is 0. The molecule has 0 atom stereocenters. The Balaban J connectivity index is 2.44. The molecule has 0 aliphatic heterocycles. The molecule has 0 heterocycles. The maximum Gasteiger partial charge on any atom is 0.195 e. The summed E-state index contributed by atoms with van der Waals surface area (Å²) in [4.78, 5) is 13.3. The average Bonchev–Trinajstić information content (AvgIpc) is 2.39. The second kappa shape index (κ2) is 5.06. The van der Waals surface area contributed by atoms with Gasteiger partial charge in [0.2, 0.25) is 0 Å². The molecule has 2 nitrogen and oxygen atoms in total. The smallest absolute Gasteiger partial charge is 0.195 e. The molecule has 2 aromatic carbocycles. The molecule has 2 aromatic rings. The van der Waals surface area contributed by atoms with Crippen LogP contribution in [0.15, 0.2) is 53.4 Å². The van der Waals surface area contributed by atoms with Crippen LogP contribution in [-0.4, -0.2) is 12.0 Å². The van der Waals surface area contributed by atoms with E-state index < -0.39 is 0 Å². The second-order valence-electron chi connectivity index (χ2n) is 3.65. The van der Waals surface area contributed by atoms with Gasteiger partial charge >= 0.3 is 0 Å². The van der Waals surface area contributed by atoms with Crippen LogP contribution >= 0.6 is 11.8 Å². The number of carbonyl (C=O) groups excluding carboxylic acids is 1. The second-order valence-corrected chi connectivity index (χ2v) is 4.53. The Labute approximate surface area is 105 Å². The van der Waals surface area contributed by atoms with Crippen LogP contribution in [0.4, 0.5) is 5.69 Å². The van der Waals surface area contributed by atoms with E-state index in [2.05, 4.69) is 0 Å². The molecule has 2 rings (SSSR count). The molecule has 0 aromatic heterocycles. The van der Waals surface area contributed by atoms with Crippen LogP contribution in [0.5, 0.6) is 0 Å². The third-order valence-corrected chi connectivity index (χ3v) is 3.27. The normalized spacial score (nSPS) is 10.2. The minimum atomic E-state index is -0.0287. The summed E-state index contributed by atoms with van der Waals surface area (Å²) < 4.78 is 0. The first kappa shape index (κ1) is 11.7. The third kappa shape index (κ3) is 2.50. The van der Waals surface area contributed by atoms with Gasteiger partial charge in [-0.15, -0.1) is 11.8 Å². The maximum atomic E-state index is 12.2. The van der Waals surface area contributed by atoms with Crippen LogP contribution in [0.2, 0.25) is 0 Å². The summed E-state index contributed by atoms with van der Waals surface area (Å²) >= 11 is 1.60. The molecule has 3 heteroatoms. The fourth-order valence-electron chi connectivity index (χ4n) is 1.60. The number of thioether (sulfide) groups is 1. The molecule has 0 aliphatic rings. The molecule has 2 N–H and O–H groups in total. The van der Waals surface area contributed by atoms with Crippen LogP contribution < -0.4 is 5.73 Å². The Morgan fingerprint density at radius 3 is 2.47 bits per heavy atom. The molecule has 0 unspecified atom stereocenters. The number of carbonyl (C=O) groups is 1. The van der Waals surface area contributed by atoms with Gasteiger partial charge in [-0.05, 0) is 24.5 Å². The highest BCUT2D eigenvalue weighted by Crippen LogP contribution is 2.23. The summed E-state index contributed by atoms with van der Waals surface area (Å²) in [6.45, 7) is 0. The van der Waals surface area contributed by atoms with Gasteiger partial charge in [0.1, 0.15) is 0 Å². The van der Waals surface area contributed by atoms with Crippen molar-refractivity contribution in [3.05, 3.63) is 59.7 Å². The van der Waals surface area contributed by atoms with Crippen molar-refractivity contribution < 1.29 is 4.79 Å². The monoisotopic (exact) mass is 243 g/mol. The predicted molar refractivity (Wildman–Crippen MR) is 72.5 cm³/mol. The summed E-state index contributed by atoms with van der Waals surface area (Å²) in [5.74, 6) is -0.0287. The maximum absolute atomic E-state index is 12.2. The Morgan fingerprint density at radius 2 is 1.82 bits per heavy atom. The van der Waals surface area contributed by atoms with Crippen LogP contribution in [-0.2, 0) is 0 Å². The van der Waals surface area contributed by atoms with E-state index in [0.29, 0.717) is 16.8 Å². The number of hydrogen-bond acceptors (Lipinski definition) is 3. The van der Waals surface area contributed by atoms with Crippen molar-refractivity contribution in [2.75, 3.05) is 12.0 Å². The van der Waals surface area contributed by atoms with Crippen molar-refractivity contribution in [1.82, 2.24) is 0 Å². The molecule has 0 spiro atoms. The van der Waals surface area contributed by atoms with E-state index in [1.54, 1.807) is 30.0 Å². The number of rotatable bonds is 3. The topological polar surface area (TPSA) is 43.1 Å². The molecule has 17 heavy (non-hydrogen) atoms. The van der Waals surface area contributed by atoms with E-state index in [0.717, 1.165) is 4.90 Å². The standard InChI is InChI=1S/C14H13NOS/c1-17-11-7-8-13(15)12(9-11)14(16)10-5-3-2-4-6-10/h2-9H,15H2,1H3. The quantitative estimate of drug-likeness (QED) is 0.511. The van der Waals surface area contributed by atoms with E-state index in [1.807, 2.05) is 36.6 Å². The number of anilines is 1. The first-order valence-electron chi connectivity index (χ1n) is 5.25. The molecule has 86 valence electrons. The number of hydrogen-bond donors (Lipinski definition) is 1. The van der Waals surface area contributed by atoms with E-state index in [-0.39, 0.29) is 5.78 Å². The molecule has 0 radical (unpaired) electrons. The highest BCUT2D eigenvalue weighted by atomic mass is 32.2. The molecule has 0 fully saturated rings. The lowest BCUT2D eigenvalue weighted by Crippen LogP contribution is -2.05. The van der Waals surface area contributed by atoms with Crippen molar-refractivity contribution in [2.24, 2.45) is 0 Å². The molecule has 0 bridgehead atoms. The van der Waals surface area contributed by atoms with E-state index in [9.17, 15) is 4.79 Å². The van der Waals surface area contributed by atoms with E-state index in [4.69, 9.17) is 5.73 Å². The number of benzene rings is 2. The summed E-state index contributed by atoms with van der Waals surface area (Å²) in [6, 6.07) is 14.7. The van der Waals surface area contributed by atoms with Crippen molar-refractivity contribution in [3.63, 3.8) is 0 Å². The molecular formula is C14H13NOS. The van der Waals surface area contributed by atoms with Crippen LogP contribution in [0.25, 0.3) is 0 Å². The SMILES string of the molecule is CSc1ccc(N)c(C(=O)c2ccccc2)c1. The van der Waals surface area contributed by atoms with Crippen molar-refractivity contribution in [1.29, 1.82) is 0 Å². The van der Waals surface area contributed by atoms with Gasteiger partial charge in [0.25, 0.3) is 0 Å². The highest BCUT2D eigenvalue weighted by Gasteiger charge is 2.12. The summed E-state index contributed by atoms with van der Waals surface area (Å²) in [5.41, 5.74) is 7.61. The predicted octanol–water partition coefficient (Wildman–Crippen LogP) is 3.22. The molecular weight excluding hydrogens is 230 g/mol. The van der Waals surface area contributed by atoms with Crippen molar-refractivity contribution in [3.8, 4) is 0 Å². The lowest BCUT2D eigenvalue weighted by Gasteiger charge is -2.06. The lowest BCUT2D eigenvalue weighted by molar-refractivity contribution is 0.103. The molecule has 0 amide bonds. The zero-order valence-electron chi connectivity index (χ0n) is 9.51. The van der Waals surface area contributed by atoms with Gasteiger partial charge < -0.3 is 5.73 Å². The van der Waals surface area contributed by atoms with Gasteiger partial charge in [0.05, 0.1) is 0 Å². The average molecular weight is 243 g/mol. The van der Waals surface area contributed by atoms with Gasteiger partial charge in [-0.25, -0.2) is 0 Å². The van der Waals surface area contributed by atoms with Crippen LogP contribution in [0, 0.1) is 0 Å². The Bertz CT molecular complexity index is 537. The van der Waals surface area contributed by atoms with Gasteiger partial charge in [-0.1, -0.05) is 30.3 Å². The Morgan fingerprint density at radius 1 is 1.12 bits per heavy atom. The Kier molecular flexibility index (Phi) is 3.49. The van der Waals surface area contributed by atoms with Gasteiger partial charge in [-0.2, -0.15) is 0 Å². The largest absolute Gasteiger partial charge is 0.398 e. The fraction of sp³-hybridized carbons (Fsp3) is 0.0714. The van der Waals surface area contributed by atoms with Gasteiger partial charge in [-0.3, -0.25) is 4.79 Å². The van der Waals surface area contributed by atoms with Crippen LogP contribution in [0.3, 0.4) is 0 Å². The molecule has 0 aliphatic carbocycles. The van der Waals surface area contributed by atoms with Crippen LogP contribution in [0.1, 0.15) is 15.9 Å². The van der Waals surface area contributed by atoms with E-state index in [1.165, 1.54) is 0 Å². The van der Waals surface area contributed by atoms with E-state index >= 15 is 0 Å². The minimum Gasteiger partial charge on any atom is -0.398 e. The number of nitrogen functional groups attached to an aromatic ring is 1. The molecule has 0 saturated carbocycles. The minimum absolute atomic E-state index is 0.0287. The Hall–Kier alpha value is -1.74. The third-order valence-electron chi connectivity index (χ3n) is 2.54. The summed E-state index contributed by atoms with van der Waals surface area (Å²) in [6.07, 6.45) is 1.97. The number of nitrogens with two attached hydrogens (primary N) is 1. The highest BCUT2D eigenvalue weighted by molar-refractivity contribution is 7.98. The first-order chi connectivity index (χ1) is 8.22. The lowest BCUT2D eigenvalue weighted by atomic mass is 10.0. The molecule has 0 saturated heterocycles. The fourth-order valence-corrected chi connectivity index (χ4v) is 2.04. The zero-order chi connectivity index (χ0) is 12.3.